The second-order valence-electron chi connectivity index (χ2n) is 6.44. The van der Waals surface area contributed by atoms with Gasteiger partial charge in [-0.15, -0.1) is 0 Å². The number of rotatable bonds is 8. The highest BCUT2D eigenvalue weighted by Gasteiger charge is 2.05. The summed E-state index contributed by atoms with van der Waals surface area (Å²) in [4.78, 5) is 4.70. The van der Waals surface area contributed by atoms with Gasteiger partial charge in [-0.3, -0.25) is 4.68 Å². The number of benzene rings is 2. The highest BCUT2D eigenvalue weighted by Crippen LogP contribution is 2.12. The summed E-state index contributed by atoms with van der Waals surface area (Å²) in [6.45, 7) is 4.68. The largest absolute Gasteiger partial charge is 0.357 e. The zero-order chi connectivity index (χ0) is 19.6. The standard InChI is InChI=1S/C22H26FN5/c1-2-24-22(25-14-12-18-8-5-6-11-21(18)23)26-16-19-9-3-4-10-20(19)17-28-15-7-13-27-28/h3-11,13,15H,2,12,14,16-17H2,1H3,(H2,24,25,26). The van der Waals surface area contributed by atoms with Crippen molar-refractivity contribution in [2.24, 2.45) is 4.99 Å². The lowest BCUT2D eigenvalue weighted by molar-refractivity contribution is 0.606. The third-order valence-corrected chi connectivity index (χ3v) is 4.41. The number of nitrogens with zero attached hydrogens (tertiary/aromatic N) is 3. The molecule has 0 aliphatic rings. The molecule has 0 saturated carbocycles. The van der Waals surface area contributed by atoms with Crippen LogP contribution in [0.5, 0.6) is 0 Å². The number of hydrogen-bond donors (Lipinski definition) is 2. The minimum Gasteiger partial charge on any atom is -0.357 e. The summed E-state index contributed by atoms with van der Waals surface area (Å²) >= 11 is 0. The highest BCUT2D eigenvalue weighted by atomic mass is 19.1. The van der Waals surface area contributed by atoms with Gasteiger partial charge in [0.25, 0.3) is 0 Å². The maximum atomic E-state index is 13.8. The Morgan fingerprint density at radius 2 is 1.75 bits per heavy atom. The van der Waals surface area contributed by atoms with Crippen molar-refractivity contribution < 1.29 is 4.39 Å². The lowest BCUT2D eigenvalue weighted by Crippen LogP contribution is -2.38. The first kappa shape index (κ1) is 19.6. The van der Waals surface area contributed by atoms with Crippen molar-refractivity contribution in [2.45, 2.75) is 26.4 Å². The van der Waals surface area contributed by atoms with Crippen LogP contribution in [0, 0.1) is 5.82 Å². The van der Waals surface area contributed by atoms with Gasteiger partial charge >= 0.3 is 0 Å². The quantitative estimate of drug-likeness (QED) is 0.466. The van der Waals surface area contributed by atoms with E-state index in [1.54, 1.807) is 12.3 Å². The molecule has 1 heterocycles. The van der Waals surface area contributed by atoms with Crippen molar-refractivity contribution >= 4 is 5.96 Å². The minimum atomic E-state index is -0.168. The molecule has 1 aromatic heterocycles. The topological polar surface area (TPSA) is 54.2 Å². The number of aliphatic imine (C=N–C) groups is 1. The summed E-state index contributed by atoms with van der Waals surface area (Å²) in [6, 6.07) is 17.0. The molecule has 2 N–H and O–H groups in total. The van der Waals surface area contributed by atoms with E-state index in [0.717, 1.165) is 24.6 Å². The van der Waals surface area contributed by atoms with Gasteiger partial charge in [-0.2, -0.15) is 5.10 Å². The number of halogens is 1. The molecule has 3 aromatic rings. The SMILES string of the molecule is CCNC(=NCc1ccccc1Cn1cccn1)NCCc1ccccc1F. The number of guanidine groups is 1. The predicted molar refractivity (Wildman–Crippen MR) is 111 cm³/mol. The minimum absolute atomic E-state index is 0.168. The molecule has 28 heavy (non-hydrogen) atoms. The lowest BCUT2D eigenvalue weighted by atomic mass is 10.1. The van der Waals surface area contributed by atoms with Crippen molar-refractivity contribution in [1.82, 2.24) is 20.4 Å². The fourth-order valence-electron chi connectivity index (χ4n) is 2.96. The average Bonchev–Trinajstić information content (AvgIpc) is 3.22. The van der Waals surface area contributed by atoms with E-state index >= 15 is 0 Å². The van der Waals surface area contributed by atoms with Gasteiger partial charge in [0.2, 0.25) is 0 Å². The Balaban J connectivity index is 1.62. The smallest absolute Gasteiger partial charge is 0.191 e. The van der Waals surface area contributed by atoms with Crippen LogP contribution in [-0.2, 0) is 19.5 Å². The fourth-order valence-corrected chi connectivity index (χ4v) is 2.96. The average molecular weight is 379 g/mol. The summed E-state index contributed by atoms with van der Waals surface area (Å²) in [5, 5.41) is 10.8. The normalized spacial score (nSPS) is 11.4. The second kappa shape index (κ2) is 10.3. The van der Waals surface area contributed by atoms with Gasteiger partial charge in [0, 0.05) is 25.5 Å². The molecular weight excluding hydrogens is 353 g/mol. The van der Waals surface area contributed by atoms with Crippen LogP contribution in [0.1, 0.15) is 23.6 Å². The van der Waals surface area contributed by atoms with Gasteiger partial charge in [-0.25, -0.2) is 9.38 Å². The summed E-state index contributed by atoms with van der Waals surface area (Å²) in [6.07, 6.45) is 4.34. The number of aromatic nitrogens is 2. The highest BCUT2D eigenvalue weighted by molar-refractivity contribution is 5.79. The van der Waals surface area contributed by atoms with Gasteiger partial charge in [0.1, 0.15) is 5.82 Å². The van der Waals surface area contributed by atoms with Crippen LogP contribution in [0.15, 0.2) is 72.0 Å². The van der Waals surface area contributed by atoms with Gasteiger partial charge in [0.15, 0.2) is 5.96 Å². The maximum Gasteiger partial charge on any atom is 0.191 e. The van der Waals surface area contributed by atoms with Crippen LogP contribution in [0.25, 0.3) is 0 Å². The molecule has 0 unspecified atom stereocenters. The molecule has 146 valence electrons. The Bertz CT molecular complexity index is 889. The summed E-state index contributed by atoms with van der Waals surface area (Å²) < 4.78 is 15.7. The summed E-state index contributed by atoms with van der Waals surface area (Å²) in [5.41, 5.74) is 3.05. The monoisotopic (exact) mass is 379 g/mol. The van der Waals surface area contributed by atoms with E-state index in [0.29, 0.717) is 25.1 Å². The molecule has 0 aliphatic heterocycles. The van der Waals surface area contributed by atoms with Crippen LogP contribution < -0.4 is 10.6 Å². The summed E-state index contributed by atoms with van der Waals surface area (Å²) in [7, 11) is 0. The molecule has 3 rings (SSSR count). The zero-order valence-electron chi connectivity index (χ0n) is 16.1. The molecule has 0 saturated heterocycles. The Morgan fingerprint density at radius 1 is 1.00 bits per heavy atom. The van der Waals surface area contributed by atoms with E-state index < -0.39 is 0 Å². The third-order valence-electron chi connectivity index (χ3n) is 4.41. The van der Waals surface area contributed by atoms with Crippen molar-refractivity contribution in [3.63, 3.8) is 0 Å². The third kappa shape index (κ3) is 5.67. The molecule has 0 amide bonds. The first-order chi connectivity index (χ1) is 13.8. The Kier molecular flexibility index (Phi) is 7.18. The van der Waals surface area contributed by atoms with Crippen molar-refractivity contribution in [3.05, 3.63) is 89.5 Å². The molecule has 0 fully saturated rings. The van der Waals surface area contributed by atoms with Gasteiger partial charge < -0.3 is 10.6 Å². The van der Waals surface area contributed by atoms with E-state index in [4.69, 9.17) is 4.99 Å². The lowest BCUT2D eigenvalue weighted by Gasteiger charge is -2.13. The molecule has 0 bridgehead atoms. The molecule has 2 aromatic carbocycles. The van der Waals surface area contributed by atoms with E-state index in [9.17, 15) is 4.39 Å². The van der Waals surface area contributed by atoms with E-state index in [1.807, 2.05) is 48.1 Å². The van der Waals surface area contributed by atoms with Crippen molar-refractivity contribution in [2.75, 3.05) is 13.1 Å². The maximum absolute atomic E-state index is 13.8. The molecule has 0 spiro atoms. The van der Waals surface area contributed by atoms with Crippen LogP contribution in [-0.4, -0.2) is 28.8 Å². The molecule has 0 radical (unpaired) electrons. The molecule has 0 aliphatic carbocycles. The predicted octanol–water partition coefficient (Wildman–Crippen LogP) is 3.37. The van der Waals surface area contributed by atoms with Crippen LogP contribution >= 0.6 is 0 Å². The van der Waals surface area contributed by atoms with Crippen molar-refractivity contribution in [3.8, 4) is 0 Å². The van der Waals surface area contributed by atoms with Gasteiger partial charge in [0.05, 0.1) is 13.1 Å². The second-order valence-corrected chi connectivity index (χ2v) is 6.44. The van der Waals surface area contributed by atoms with Crippen LogP contribution in [0.4, 0.5) is 4.39 Å². The summed E-state index contributed by atoms with van der Waals surface area (Å²) in [5.74, 6) is 0.562. The Labute approximate surface area is 165 Å². The number of nitrogens with one attached hydrogen (secondary N) is 2. The van der Waals surface area contributed by atoms with Crippen LogP contribution in [0.2, 0.25) is 0 Å². The molecule has 0 atom stereocenters. The van der Waals surface area contributed by atoms with E-state index in [2.05, 4.69) is 27.9 Å². The van der Waals surface area contributed by atoms with Crippen LogP contribution in [0.3, 0.4) is 0 Å². The Morgan fingerprint density at radius 3 is 2.46 bits per heavy atom. The van der Waals surface area contributed by atoms with Crippen molar-refractivity contribution in [1.29, 1.82) is 0 Å². The molecular formula is C22H26FN5. The molecule has 6 heteroatoms. The van der Waals surface area contributed by atoms with Gasteiger partial charge in [-0.05, 0) is 42.2 Å². The first-order valence-electron chi connectivity index (χ1n) is 9.56. The first-order valence-corrected chi connectivity index (χ1v) is 9.56. The number of hydrogen-bond acceptors (Lipinski definition) is 2. The Hall–Kier alpha value is -3.15. The van der Waals surface area contributed by atoms with E-state index in [1.165, 1.54) is 11.6 Å². The fraction of sp³-hybridized carbons (Fsp3) is 0.273. The molecule has 5 nitrogen and oxygen atoms in total. The van der Waals surface area contributed by atoms with E-state index in [-0.39, 0.29) is 5.82 Å². The zero-order valence-corrected chi connectivity index (χ0v) is 16.1. The van der Waals surface area contributed by atoms with Gasteiger partial charge in [-0.1, -0.05) is 42.5 Å².